The van der Waals surface area contributed by atoms with Crippen LogP contribution in [0.3, 0.4) is 0 Å². The molecule has 2 rings (SSSR count). The molecular weight excluding hydrogens is 216 g/mol. The second kappa shape index (κ2) is 5.05. The predicted octanol–water partition coefficient (Wildman–Crippen LogP) is 5.34. The first-order valence-electron chi connectivity index (χ1n) is 6.12. The maximum absolute atomic E-state index is 3.99. The normalized spacial score (nSPS) is 10.1. The first-order chi connectivity index (χ1) is 8.63. The molecule has 2 aromatic rings. The van der Waals surface area contributed by atoms with Gasteiger partial charge in [0.15, 0.2) is 0 Å². The summed E-state index contributed by atoms with van der Waals surface area (Å²) >= 11 is 0. The van der Waals surface area contributed by atoms with E-state index in [2.05, 4.69) is 62.5 Å². The number of hydrogen-bond acceptors (Lipinski definition) is 0. The maximum Gasteiger partial charge on any atom is -0.0109 e. The van der Waals surface area contributed by atoms with Gasteiger partial charge in [-0.2, -0.15) is 0 Å². The summed E-state index contributed by atoms with van der Waals surface area (Å²) in [5.74, 6) is 0. The summed E-state index contributed by atoms with van der Waals surface area (Å²) in [7, 11) is 0. The van der Waals surface area contributed by atoms with Crippen molar-refractivity contribution in [3.05, 3.63) is 72.3 Å². The van der Waals surface area contributed by atoms with Gasteiger partial charge in [-0.25, -0.2) is 0 Å². The van der Waals surface area contributed by atoms with Crippen molar-refractivity contribution in [2.24, 2.45) is 0 Å². The molecule has 0 heteroatoms. The van der Waals surface area contributed by atoms with Gasteiger partial charge in [-0.15, -0.1) is 0 Å². The Kier molecular flexibility index (Phi) is 3.47. The quantitative estimate of drug-likeness (QED) is 0.672. The van der Waals surface area contributed by atoms with E-state index in [0.29, 0.717) is 0 Å². The van der Waals surface area contributed by atoms with Crippen LogP contribution in [0.4, 0.5) is 0 Å². The Hall–Kier alpha value is -2.08. The number of allylic oxidation sites excluding steroid dienone is 1. The van der Waals surface area contributed by atoms with Gasteiger partial charge in [0, 0.05) is 0 Å². The van der Waals surface area contributed by atoms with Crippen molar-refractivity contribution in [3.8, 4) is 11.1 Å². The third kappa shape index (κ3) is 2.28. The fourth-order valence-electron chi connectivity index (χ4n) is 2.12. The summed E-state index contributed by atoms with van der Waals surface area (Å²) in [6.45, 7) is 12.1. The van der Waals surface area contributed by atoms with Crippen molar-refractivity contribution in [2.75, 3.05) is 0 Å². The molecule has 0 aliphatic rings. The van der Waals surface area contributed by atoms with Gasteiger partial charge in [0.25, 0.3) is 0 Å². The molecule has 0 heterocycles. The van der Waals surface area contributed by atoms with Gasteiger partial charge in [0.05, 0.1) is 0 Å². The smallest absolute Gasteiger partial charge is 0.0109 e. The van der Waals surface area contributed by atoms with Gasteiger partial charge in [-0.1, -0.05) is 61.2 Å². The van der Waals surface area contributed by atoms with Crippen LogP contribution in [0, 0.1) is 6.92 Å². The van der Waals surface area contributed by atoms with Crippen LogP contribution in [0.2, 0.25) is 0 Å². The van der Waals surface area contributed by atoms with Crippen LogP contribution in [0.1, 0.15) is 23.6 Å². The van der Waals surface area contributed by atoms with Crippen LogP contribution in [0.15, 0.2) is 55.6 Å². The second-order valence-electron chi connectivity index (χ2n) is 4.60. The highest BCUT2D eigenvalue weighted by molar-refractivity contribution is 5.79. The minimum Gasteiger partial charge on any atom is -0.0984 e. The SMILES string of the molecule is C=Cc1cc(C(=C)C)ccc1-c1ccccc1C. The van der Waals surface area contributed by atoms with E-state index in [1.807, 2.05) is 13.0 Å². The Balaban J connectivity index is 2.62. The molecule has 2 aromatic carbocycles. The largest absolute Gasteiger partial charge is 0.0984 e. The molecule has 0 saturated carbocycles. The Morgan fingerprint density at radius 3 is 2.39 bits per heavy atom. The van der Waals surface area contributed by atoms with Gasteiger partial charge >= 0.3 is 0 Å². The van der Waals surface area contributed by atoms with Crippen LogP contribution in [-0.4, -0.2) is 0 Å². The van der Waals surface area contributed by atoms with Crippen molar-refractivity contribution < 1.29 is 0 Å². The fraction of sp³-hybridized carbons (Fsp3) is 0.111. The van der Waals surface area contributed by atoms with E-state index in [0.717, 1.165) is 11.1 Å². The molecule has 0 N–H and O–H groups in total. The van der Waals surface area contributed by atoms with E-state index >= 15 is 0 Å². The highest BCUT2D eigenvalue weighted by atomic mass is 14.1. The number of benzene rings is 2. The number of hydrogen-bond donors (Lipinski definition) is 0. The van der Waals surface area contributed by atoms with Crippen molar-refractivity contribution in [2.45, 2.75) is 13.8 Å². The van der Waals surface area contributed by atoms with Crippen LogP contribution in [0.5, 0.6) is 0 Å². The minimum atomic E-state index is 1.08. The molecule has 0 nitrogen and oxygen atoms in total. The molecule has 0 aliphatic carbocycles. The van der Waals surface area contributed by atoms with Crippen molar-refractivity contribution in [3.63, 3.8) is 0 Å². The topological polar surface area (TPSA) is 0 Å². The van der Waals surface area contributed by atoms with Crippen LogP contribution in [0.25, 0.3) is 22.8 Å². The molecule has 0 saturated heterocycles. The molecule has 0 fully saturated rings. The molecule has 0 aromatic heterocycles. The van der Waals surface area contributed by atoms with Gasteiger partial charge in [0.2, 0.25) is 0 Å². The molecule has 0 radical (unpaired) electrons. The van der Waals surface area contributed by atoms with Gasteiger partial charge in [-0.05, 0) is 47.7 Å². The van der Waals surface area contributed by atoms with E-state index in [9.17, 15) is 0 Å². The zero-order chi connectivity index (χ0) is 13.1. The Bertz CT molecular complexity index is 603. The summed E-state index contributed by atoms with van der Waals surface area (Å²) in [4.78, 5) is 0. The number of aryl methyl sites for hydroxylation is 1. The standard InChI is InChI=1S/C18H18/c1-5-15-12-16(13(2)3)10-11-18(15)17-9-7-6-8-14(17)4/h5-12H,1-2H2,3-4H3. The molecule has 0 bridgehead atoms. The van der Waals surface area contributed by atoms with E-state index in [-0.39, 0.29) is 0 Å². The highest BCUT2D eigenvalue weighted by Crippen LogP contribution is 2.29. The monoisotopic (exact) mass is 234 g/mol. The Morgan fingerprint density at radius 1 is 1.06 bits per heavy atom. The maximum atomic E-state index is 3.99. The molecule has 0 spiro atoms. The van der Waals surface area contributed by atoms with Crippen molar-refractivity contribution in [1.29, 1.82) is 0 Å². The lowest BCUT2D eigenvalue weighted by Crippen LogP contribution is -1.89. The van der Waals surface area contributed by atoms with E-state index in [1.165, 1.54) is 22.3 Å². The second-order valence-corrected chi connectivity index (χ2v) is 4.60. The van der Waals surface area contributed by atoms with E-state index in [1.54, 1.807) is 0 Å². The molecule has 0 amide bonds. The average Bonchev–Trinajstić information content (AvgIpc) is 2.38. The van der Waals surface area contributed by atoms with E-state index in [4.69, 9.17) is 0 Å². The summed E-state index contributed by atoms with van der Waals surface area (Å²) < 4.78 is 0. The predicted molar refractivity (Wildman–Crippen MR) is 81.4 cm³/mol. The first-order valence-corrected chi connectivity index (χ1v) is 6.12. The first kappa shape index (κ1) is 12.4. The van der Waals surface area contributed by atoms with E-state index < -0.39 is 0 Å². The zero-order valence-electron chi connectivity index (χ0n) is 11.0. The summed E-state index contributed by atoms with van der Waals surface area (Å²) in [6.07, 6.45) is 1.91. The molecular formula is C18H18. The lowest BCUT2D eigenvalue weighted by Gasteiger charge is -2.11. The lowest BCUT2D eigenvalue weighted by molar-refractivity contribution is 1.44. The molecule has 90 valence electrons. The fourth-order valence-corrected chi connectivity index (χ4v) is 2.12. The van der Waals surface area contributed by atoms with Gasteiger partial charge in [0.1, 0.15) is 0 Å². The molecule has 18 heavy (non-hydrogen) atoms. The Morgan fingerprint density at radius 2 is 1.78 bits per heavy atom. The number of rotatable bonds is 3. The highest BCUT2D eigenvalue weighted by Gasteiger charge is 2.06. The zero-order valence-corrected chi connectivity index (χ0v) is 11.0. The third-order valence-electron chi connectivity index (χ3n) is 3.20. The molecule has 0 unspecified atom stereocenters. The average molecular weight is 234 g/mol. The van der Waals surface area contributed by atoms with Crippen LogP contribution in [-0.2, 0) is 0 Å². The third-order valence-corrected chi connectivity index (χ3v) is 3.20. The van der Waals surface area contributed by atoms with Crippen molar-refractivity contribution >= 4 is 11.6 Å². The molecule has 0 aliphatic heterocycles. The lowest BCUT2D eigenvalue weighted by atomic mass is 9.93. The van der Waals surface area contributed by atoms with Gasteiger partial charge in [-0.3, -0.25) is 0 Å². The van der Waals surface area contributed by atoms with Crippen LogP contribution < -0.4 is 0 Å². The van der Waals surface area contributed by atoms with Gasteiger partial charge < -0.3 is 0 Å². The minimum absolute atomic E-state index is 1.08. The Labute approximate surface area is 109 Å². The summed E-state index contributed by atoms with van der Waals surface area (Å²) in [5.41, 5.74) is 7.18. The van der Waals surface area contributed by atoms with Crippen molar-refractivity contribution in [1.82, 2.24) is 0 Å². The summed E-state index contributed by atoms with van der Waals surface area (Å²) in [5, 5.41) is 0. The molecule has 0 atom stereocenters. The summed E-state index contributed by atoms with van der Waals surface area (Å²) in [6, 6.07) is 14.8. The van der Waals surface area contributed by atoms with Crippen LogP contribution >= 0.6 is 0 Å².